The molecule has 1 aliphatic heterocycles. The molecule has 0 bridgehead atoms. The first-order chi connectivity index (χ1) is 20.5. The fourth-order valence-corrected chi connectivity index (χ4v) is 6.74. The van der Waals surface area contributed by atoms with E-state index in [4.69, 9.17) is 23.3 Å². The molecule has 15 heteroatoms. The third-order valence-corrected chi connectivity index (χ3v) is 9.50. The van der Waals surface area contributed by atoms with Crippen LogP contribution >= 0.6 is 20.3 Å². The highest BCUT2D eigenvalue weighted by Crippen LogP contribution is 2.50. The Labute approximate surface area is 265 Å². The van der Waals surface area contributed by atoms with E-state index in [0.29, 0.717) is 18.1 Å². The van der Waals surface area contributed by atoms with Crippen molar-refractivity contribution in [1.29, 1.82) is 0 Å². The van der Waals surface area contributed by atoms with Gasteiger partial charge in [-0.2, -0.15) is 4.98 Å². The average molecular weight is 663 g/mol. The number of nitrogens with one attached hydrogen (secondary N) is 1. The smallest absolute Gasteiger partial charge is 0.351 e. The zero-order valence-corrected chi connectivity index (χ0v) is 28.9. The van der Waals surface area contributed by atoms with Crippen LogP contribution in [0.1, 0.15) is 68.5 Å². The van der Waals surface area contributed by atoms with E-state index in [1.165, 1.54) is 30.9 Å². The van der Waals surface area contributed by atoms with Crippen LogP contribution in [0.4, 0.5) is 10.2 Å². The Balaban J connectivity index is 2.19. The molecule has 5 atom stereocenters. The minimum Gasteiger partial charge on any atom is -0.496 e. The van der Waals surface area contributed by atoms with E-state index in [1.54, 1.807) is 6.92 Å². The number of rotatable bonds is 17. The number of anilines is 1. The van der Waals surface area contributed by atoms with Crippen molar-refractivity contribution in [3.05, 3.63) is 35.1 Å². The van der Waals surface area contributed by atoms with Crippen molar-refractivity contribution < 1.29 is 37.2 Å². The molecule has 2 rings (SSSR count). The molecule has 250 valence electrons. The Hall–Kier alpha value is -1.93. The molecule has 2 heterocycles. The van der Waals surface area contributed by atoms with Crippen LogP contribution in [-0.2, 0) is 32.8 Å². The quantitative estimate of drug-likeness (QED) is 0.137. The first-order valence-electron chi connectivity index (χ1n) is 14.6. The number of ether oxygens (including phenoxy) is 3. The minimum atomic E-state index is -1.81. The highest BCUT2D eigenvalue weighted by Gasteiger charge is 2.50. The molecular weight excluding hydrogens is 614 g/mol. The number of alkyl halides is 1. The molecule has 0 radical (unpaired) electrons. The molecule has 1 aliphatic rings. The van der Waals surface area contributed by atoms with Gasteiger partial charge in [-0.25, -0.2) is 13.9 Å². The Morgan fingerprint density at radius 2 is 1.86 bits per heavy atom. The summed E-state index contributed by atoms with van der Waals surface area (Å²) in [6, 6.07) is 1.38. The summed E-state index contributed by atoms with van der Waals surface area (Å²) in [5.41, 5.74) is -1.21. The molecule has 1 saturated heterocycles. The maximum atomic E-state index is 16.2. The molecule has 1 fully saturated rings. The summed E-state index contributed by atoms with van der Waals surface area (Å²) in [6.07, 6.45) is -3.89. The van der Waals surface area contributed by atoms with E-state index in [0.717, 1.165) is 4.57 Å². The second-order valence-corrected chi connectivity index (χ2v) is 14.4. The summed E-state index contributed by atoms with van der Waals surface area (Å²) in [5.74, 6) is 0.591. The Morgan fingerprint density at radius 1 is 1.20 bits per heavy atom. The number of hydrogen-bond donors (Lipinski definition) is 1. The average Bonchev–Trinajstić information content (AvgIpc) is 3.19. The van der Waals surface area contributed by atoms with Crippen molar-refractivity contribution in [2.75, 3.05) is 37.5 Å². The summed E-state index contributed by atoms with van der Waals surface area (Å²) in [7, 11) is -1.81. The zero-order chi connectivity index (χ0) is 33.2. The summed E-state index contributed by atoms with van der Waals surface area (Å²) in [6.45, 7) is 21.0. The minimum absolute atomic E-state index is 0.00345. The fraction of sp³-hybridized carbons (Fsp3) is 0.724. The number of allylic oxidation sites excluding steroid dienone is 1. The lowest BCUT2D eigenvalue weighted by atomic mass is 10.00. The molecule has 44 heavy (non-hydrogen) atoms. The number of halogens is 1. The van der Waals surface area contributed by atoms with Crippen LogP contribution in [0.3, 0.4) is 0 Å². The molecule has 0 saturated carbocycles. The van der Waals surface area contributed by atoms with E-state index >= 15 is 4.39 Å². The van der Waals surface area contributed by atoms with Crippen molar-refractivity contribution in [3.63, 3.8) is 0 Å². The summed E-state index contributed by atoms with van der Waals surface area (Å²) in [4.78, 5) is 40.1. The third-order valence-electron chi connectivity index (χ3n) is 6.13. The fourth-order valence-electron chi connectivity index (χ4n) is 4.17. The van der Waals surface area contributed by atoms with Gasteiger partial charge in [-0.05, 0) is 40.7 Å². The maximum Gasteiger partial charge on any atom is 0.351 e. The van der Waals surface area contributed by atoms with Crippen LogP contribution in [-0.4, -0.2) is 87.9 Å². The van der Waals surface area contributed by atoms with E-state index in [2.05, 4.69) is 16.9 Å². The third kappa shape index (κ3) is 11.8. The lowest BCUT2D eigenvalue weighted by Crippen LogP contribution is -2.39. The van der Waals surface area contributed by atoms with Crippen LogP contribution in [0.2, 0.25) is 0 Å². The Kier molecular flexibility index (Phi) is 15.4. The molecule has 1 aromatic heterocycles. The topological polar surface area (TPSA) is 130 Å². The van der Waals surface area contributed by atoms with Gasteiger partial charge in [0, 0.05) is 36.4 Å². The van der Waals surface area contributed by atoms with Gasteiger partial charge in [0.05, 0.1) is 25.6 Å². The number of amides is 1. The molecule has 1 aromatic rings. The van der Waals surface area contributed by atoms with Gasteiger partial charge in [-0.1, -0.05) is 39.1 Å². The van der Waals surface area contributed by atoms with Crippen LogP contribution in [0.15, 0.2) is 29.4 Å². The van der Waals surface area contributed by atoms with Gasteiger partial charge < -0.3 is 28.6 Å². The first-order valence-corrected chi connectivity index (χ1v) is 16.7. The van der Waals surface area contributed by atoms with E-state index in [9.17, 15) is 14.4 Å². The second-order valence-electron chi connectivity index (χ2n) is 11.9. The zero-order valence-electron chi connectivity index (χ0n) is 27.2. The number of nitrogens with zero attached hydrogens (tertiary/aromatic N) is 3. The predicted octanol–water partition coefficient (Wildman–Crippen LogP) is 5.06. The Bertz CT molecular complexity index is 1160. The van der Waals surface area contributed by atoms with Crippen LogP contribution in [0.25, 0.3) is 0 Å². The standard InChI is InChI=1S/C29H48FN4O8PS/c1-18(2)34(19(3)4)43(40-14-13-38-15-16-44-27(36)29(8,9)10)42-25-22(17-39-20(5)6)41-26(24(25)30)33-12-11-23(31-21(7)35)32-28(33)37/h11-12,18-19,22,24-26H,5,13-17H2,1-4,6-10H3,(H,31,32,35,37). The van der Waals surface area contributed by atoms with Gasteiger partial charge in [0.1, 0.15) is 24.6 Å². The lowest BCUT2D eigenvalue weighted by molar-refractivity contribution is -0.117. The largest absolute Gasteiger partial charge is 0.496 e. The molecule has 12 nitrogen and oxygen atoms in total. The van der Waals surface area contributed by atoms with Crippen molar-refractivity contribution >= 4 is 37.1 Å². The van der Waals surface area contributed by atoms with Gasteiger partial charge in [0.25, 0.3) is 8.53 Å². The predicted molar refractivity (Wildman–Crippen MR) is 170 cm³/mol. The molecule has 0 aromatic carbocycles. The number of carbonyl (C=O) groups excluding carboxylic acids is 2. The highest BCUT2D eigenvalue weighted by molar-refractivity contribution is 8.13. The summed E-state index contributed by atoms with van der Waals surface area (Å²) >= 11 is 1.24. The van der Waals surface area contributed by atoms with Crippen LogP contribution in [0, 0.1) is 5.41 Å². The van der Waals surface area contributed by atoms with Crippen molar-refractivity contribution in [2.24, 2.45) is 5.41 Å². The summed E-state index contributed by atoms with van der Waals surface area (Å²) in [5, 5.41) is 2.53. The van der Waals surface area contributed by atoms with Crippen molar-refractivity contribution in [1.82, 2.24) is 14.2 Å². The molecule has 0 aliphatic carbocycles. The maximum absolute atomic E-state index is 16.2. The number of aromatic nitrogens is 2. The highest BCUT2D eigenvalue weighted by atomic mass is 32.2. The monoisotopic (exact) mass is 662 g/mol. The van der Waals surface area contributed by atoms with Crippen molar-refractivity contribution in [3.8, 4) is 0 Å². The normalized spacial score (nSPS) is 21.2. The van der Waals surface area contributed by atoms with E-state index in [1.807, 2.05) is 53.1 Å². The Morgan fingerprint density at radius 3 is 2.41 bits per heavy atom. The van der Waals surface area contributed by atoms with E-state index < -0.39 is 50.1 Å². The lowest BCUT2D eigenvalue weighted by Gasteiger charge is -2.37. The molecule has 1 N–H and O–H groups in total. The number of carbonyl (C=O) groups is 2. The summed E-state index contributed by atoms with van der Waals surface area (Å²) < 4.78 is 49.1. The first kappa shape index (κ1) is 38.3. The molecular formula is C29H48FN4O8PS. The van der Waals surface area contributed by atoms with Gasteiger partial charge in [0.15, 0.2) is 17.5 Å². The number of hydrogen-bond acceptors (Lipinski definition) is 11. The SMILES string of the molecule is C=C(C)OCC1OC(n2ccc(NC(C)=O)nc2=O)C(F)C1OP(OCCOCCSC(=O)C(C)(C)C)N(C(C)C)C(C)C. The second kappa shape index (κ2) is 17.7. The van der Waals surface area contributed by atoms with Gasteiger partial charge in [-0.3, -0.25) is 14.2 Å². The van der Waals surface area contributed by atoms with Gasteiger partial charge >= 0.3 is 5.69 Å². The van der Waals surface area contributed by atoms with Gasteiger partial charge in [-0.15, -0.1) is 0 Å². The molecule has 5 unspecified atom stereocenters. The molecule has 1 amide bonds. The van der Waals surface area contributed by atoms with Crippen LogP contribution < -0.4 is 11.0 Å². The van der Waals surface area contributed by atoms with Gasteiger partial charge in [0.2, 0.25) is 5.91 Å². The van der Waals surface area contributed by atoms with E-state index in [-0.39, 0.29) is 42.8 Å². The van der Waals surface area contributed by atoms with Crippen molar-refractivity contribution in [2.45, 2.75) is 99.0 Å². The van der Waals surface area contributed by atoms with Crippen LogP contribution in [0.5, 0.6) is 0 Å². The number of thioether (sulfide) groups is 1. The molecule has 0 spiro atoms.